The molecule has 6 heteroatoms. The van der Waals surface area contributed by atoms with E-state index >= 15 is 0 Å². The highest BCUT2D eigenvalue weighted by Crippen LogP contribution is 2.30. The largest absolute Gasteiger partial charge is 0.490 e. The lowest BCUT2D eigenvalue weighted by Gasteiger charge is -2.16. The maximum absolute atomic E-state index is 13.2. The van der Waals surface area contributed by atoms with E-state index in [0.29, 0.717) is 39.1 Å². The van der Waals surface area contributed by atoms with Crippen LogP contribution in [0.1, 0.15) is 11.1 Å². The monoisotopic (exact) mass is 438 g/mol. The molecule has 152 valence electrons. The standard InChI is InChI=1S/C24H20Cl2N2O2/c1-15-13-16(2)22(20(26)14-15)30-12-11-28-23(17-7-9-18(25)10-8-17)27-21-6-4-3-5-19(21)24(28)29/h3-10,13-14H,11-12H2,1-2H3. The van der Waals surface area contributed by atoms with Gasteiger partial charge in [0.15, 0.2) is 0 Å². The molecule has 1 aromatic heterocycles. The molecular formula is C24H20Cl2N2O2. The summed E-state index contributed by atoms with van der Waals surface area (Å²) >= 11 is 12.4. The van der Waals surface area contributed by atoms with Crippen molar-refractivity contribution >= 4 is 34.1 Å². The summed E-state index contributed by atoms with van der Waals surface area (Å²) in [4.78, 5) is 18.0. The van der Waals surface area contributed by atoms with Gasteiger partial charge in [-0.2, -0.15) is 0 Å². The molecule has 0 radical (unpaired) electrons. The summed E-state index contributed by atoms with van der Waals surface area (Å²) in [5, 5.41) is 1.76. The Morgan fingerprint density at radius 2 is 1.73 bits per heavy atom. The van der Waals surface area contributed by atoms with Gasteiger partial charge in [-0.05, 0) is 67.4 Å². The third kappa shape index (κ3) is 4.07. The van der Waals surface area contributed by atoms with Crippen molar-refractivity contribution in [2.75, 3.05) is 6.61 Å². The first-order chi connectivity index (χ1) is 14.4. The lowest BCUT2D eigenvalue weighted by atomic mass is 10.1. The number of hydrogen-bond acceptors (Lipinski definition) is 3. The first-order valence-electron chi connectivity index (χ1n) is 9.59. The molecule has 1 heterocycles. The Labute approximate surface area is 184 Å². The Balaban J connectivity index is 1.72. The van der Waals surface area contributed by atoms with Crippen molar-refractivity contribution in [1.29, 1.82) is 0 Å². The molecule has 0 bridgehead atoms. The van der Waals surface area contributed by atoms with Crippen LogP contribution in [0, 0.1) is 13.8 Å². The van der Waals surface area contributed by atoms with Gasteiger partial charge in [-0.25, -0.2) is 4.98 Å². The van der Waals surface area contributed by atoms with Crippen molar-refractivity contribution in [3.8, 4) is 17.1 Å². The Morgan fingerprint density at radius 3 is 2.47 bits per heavy atom. The van der Waals surface area contributed by atoms with Crippen LogP contribution in [0.25, 0.3) is 22.3 Å². The number of fused-ring (bicyclic) bond motifs is 1. The van der Waals surface area contributed by atoms with E-state index in [2.05, 4.69) is 0 Å². The van der Waals surface area contributed by atoms with Crippen molar-refractivity contribution in [3.63, 3.8) is 0 Å². The second-order valence-corrected chi connectivity index (χ2v) is 8.00. The van der Waals surface area contributed by atoms with Crippen molar-refractivity contribution in [2.24, 2.45) is 0 Å². The summed E-state index contributed by atoms with van der Waals surface area (Å²) in [6.45, 7) is 4.56. The predicted octanol–water partition coefficient (Wildman–Crippen LogP) is 6.07. The zero-order valence-electron chi connectivity index (χ0n) is 16.7. The quantitative estimate of drug-likeness (QED) is 0.379. The Bertz CT molecular complexity index is 1260. The summed E-state index contributed by atoms with van der Waals surface area (Å²) in [5.41, 5.74) is 3.39. The summed E-state index contributed by atoms with van der Waals surface area (Å²) in [7, 11) is 0. The summed E-state index contributed by atoms with van der Waals surface area (Å²) in [5.74, 6) is 1.21. The van der Waals surface area contributed by atoms with Gasteiger partial charge in [0.2, 0.25) is 0 Å². The third-order valence-corrected chi connectivity index (χ3v) is 5.43. The van der Waals surface area contributed by atoms with E-state index < -0.39 is 0 Å². The molecule has 0 N–H and O–H groups in total. The van der Waals surface area contributed by atoms with Crippen LogP contribution in [-0.2, 0) is 6.54 Å². The van der Waals surface area contributed by atoms with E-state index in [4.69, 9.17) is 32.9 Å². The fraction of sp³-hybridized carbons (Fsp3) is 0.167. The molecular weight excluding hydrogens is 419 g/mol. The number of para-hydroxylation sites is 1. The summed E-state index contributed by atoms with van der Waals surface area (Å²) in [6.07, 6.45) is 0. The van der Waals surface area contributed by atoms with Gasteiger partial charge >= 0.3 is 0 Å². The first-order valence-corrected chi connectivity index (χ1v) is 10.3. The van der Waals surface area contributed by atoms with Crippen LogP contribution in [0.5, 0.6) is 5.75 Å². The number of halogens is 2. The number of nitrogens with zero attached hydrogens (tertiary/aromatic N) is 2. The van der Waals surface area contributed by atoms with Crippen LogP contribution in [0.15, 0.2) is 65.5 Å². The fourth-order valence-corrected chi connectivity index (χ4v) is 4.02. The van der Waals surface area contributed by atoms with Gasteiger partial charge in [0.25, 0.3) is 5.56 Å². The van der Waals surface area contributed by atoms with Crippen LogP contribution < -0.4 is 10.3 Å². The highest BCUT2D eigenvalue weighted by molar-refractivity contribution is 6.32. The number of hydrogen-bond donors (Lipinski definition) is 0. The molecule has 4 nitrogen and oxygen atoms in total. The first kappa shape index (κ1) is 20.5. The molecule has 0 aliphatic rings. The Hall–Kier alpha value is -2.82. The number of aryl methyl sites for hydroxylation is 2. The zero-order chi connectivity index (χ0) is 21.3. The summed E-state index contributed by atoms with van der Waals surface area (Å²) < 4.78 is 7.60. The molecule has 4 aromatic rings. The minimum Gasteiger partial charge on any atom is -0.490 e. The van der Waals surface area contributed by atoms with E-state index in [1.165, 1.54) is 0 Å². The van der Waals surface area contributed by atoms with Gasteiger partial charge in [-0.1, -0.05) is 41.4 Å². The second kappa shape index (κ2) is 8.50. The number of ether oxygens (including phenoxy) is 1. The maximum atomic E-state index is 13.2. The molecule has 0 saturated carbocycles. The highest BCUT2D eigenvalue weighted by Gasteiger charge is 2.14. The molecule has 0 saturated heterocycles. The van der Waals surface area contributed by atoms with Crippen molar-refractivity contribution in [2.45, 2.75) is 20.4 Å². The van der Waals surface area contributed by atoms with Crippen molar-refractivity contribution in [3.05, 3.63) is 92.2 Å². The molecule has 0 aliphatic heterocycles. The van der Waals surface area contributed by atoms with Crippen molar-refractivity contribution < 1.29 is 4.74 Å². The van der Waals surface area contributed by atoms with Gasteiger partial charge < -0.3 is 4.74 Å². The van der Waals surface area contributed by atoms with E-state index in [0.717, 1.165) is 16.7 Å². The van der Waals surface area contributed by atoms with Gasteiger partial charge in [-0.15, -0.1) is 0 Å². The predicted molar refractivity (Wildman–Crippen MR) is 123 cm³/mol. The van der Waals surface area contributed by atoms with Crippen LogP contribution in [0.2, 0.25) is 10.0 Å². The molecule has 0 fully saturated rings. The lowest BCUT2D eigenvalue weighted by Crippen LogP contribution is -2.26. The van der Waals surface area contributed by atoms with Crippen LogP contribution in [0.4, 0.5) is 0 Å². The summed E-state index contributed by atoms with van der Waals surface area (Å²) in [6, 6.07) is 18.5. The van der Waals surface area contributed by atoms with Gasteiger partial charge in [0, 0.05) is 10.6 Å². The second-order valence-electron chi connectivity index (χ2n) is 7.16. The minimum absolute atomic E-state index is 0.110. The number of benzene rings is 3. The average Bonchev–Trinajstić information content (AvgIpc) is 2.72. The number of rotatable bonds is 5. The van der Waals surface area contributed by atoms with E-state index in [1.54, 1.807) is 22.8 Å². The molecule has 3 aromatic carbocycles. The van der Waals surface area contributed by atoms with E-state index in [1.807, 2.05) is 56.3 Å². The average molecular weight is 439 g/mol. The van der Waals surface area contributed by atoms with E-state index in [9.17, 15) is 4.79 Å². The Morgan fingerprint density at radius 1 is 1.00 bits per heavy atom. The zero-order valence-corrected chi connectivity index (χ0v) is 18.2. The topological polar surface area (TPSA) is 44.1 Å². The van der Waals surface area contributed by atoms with Crippen molar-refractivity contribution in [1.82, 2.24) is 9.55 Å². The highest BCUT2D eigenvalue weighted by atomic mass is 35.5. The Kier molecular flexibility index (Phi) is 5.80. The molecule has 0 aliphatic carbocycles. The molecule has 30 heavy (non-hydrogen) atoms. The van der Waals surface area contributed by atoms with Crippen LogP contribution in [0.3, 0.4) is 0 Å². The van der Waals surface area contributed by atoms with Gasteiger partial charge in [0.05, 0.1) is 22.5 Å². The molecule has 0 atom stereocenters. The molecule has 0 spiro atoms. The minimum atomic E-state index is -0.110. The van der Waals surface area contributed by atoms with E-state index in [-0.39, 0.29) is 12.2 Å². The third-order valence-electron chi connectivity index (χ3n) is 4.90. The number of aromatic nitrogens is 2. The molecule has 4 rings (SSSR count). The lowest BCUT2D eigenvalue weighted by molar-refractivity contribution is 0.295. The molecule has 0 unspecified atom stereocenters. The fourth-order valence-electron chi connectivity index (χ4n) is 3.52. The van der Waals surface area contributed by atoms with Crippen LogP contribution >= 0.6 is 23.2 Å². The maximum Gasteiger partial charge on any atom is 0.261 e. The van der Waals surface area contributed by atoms with Gasteiger partial charge in [0.1, 0.15) is 18.2 Å². The molecule has 0 amide bonds. The normalized spacial score (nSPS) is 11.1. The SMILES string of the molecule is Cc1cc(C)c(OCCn2c(-c3ccc(Cl)cc3)nc3ccccc3c2=O)c(Cl)c1. The van der Waals surface area contributed by atoms with Crippen LogP contribution in [-0.4, -0.2) is 16.2 Å². The smallest absolute Gasteiger partial charge is 0.261 e. The van der Waals surface area contributed by atoms with Gasteiger partial charge in [-0.3, -0.25) is 9.36 Å².